The van der Waals surface area contributed by atoms with Crippen molar-refractivity contribution >= 4 is 22.3 Å². The van der Waals surface area contributed by atoms with Gasteiger partial charge < -0.3 is 14.8 Å². The number of rotatable bonds is 8. The lowest BCUT2D eigenvalue weighted by atomic mass is 10.0. The third-order valence-electron chi connectivity index (χ3n) is 5.38. The molecule has 0 aliphatic heterocycles. The van der Waals surface area contributed by atoms with Crippen LogP contribution in [0.4, 0.5) is 4.39 Å². The fraction of sp³-hybridized carbons (Fsp3) is 0.154. The molecule has 0 aliphatic rings. The van der Waals surface area contributed by atoms with E-state index >= 15 is 0 Å². The molecule has 5 rings (SSSR count). The summed E-state index contributed by atoms with van der Waals surface area (Å²) in [6.45, 7) is 2.78. The van der Waals surface area contributed by atoms with E-state index in [1.54, 1.807) is 24.3 Å². The smallest absolute Gasteiger partial charge is 0.255 e. The molecule has 0 bridgehead atoms. The number of ether oxygens (including phenoxy) is 2. The summed E-state index contributed by atoms with van der Waals surface area (Å²) in [6, 6.07) is 20.9. The third-order valence-corrected chi connectivity index (χ3v) is 5.38. The highest BCUT2D eigenvalue weighted by Gasteiger charge is 2.16. The molecule has 3 aromatic carbocycles. The van der Waals surface area contributed by atoms with Gasteiger partial charge in [0, 0.05) is 11.6 Å². The average molecular weight is 471 g/mol. The number of amides is 1. The highest BCUT2D eigenvalue weighted by atomic mass is 19.1. The first-order chi connectivity index (χ1) is 17.1. The van der Waals surface area contributed by atoms with Gasteiger partial charge in [-0.1, -0.05) is 42.5 Å². The highest BCUT2D eigenvalue weighted by molar-refractivity contribution is 6.09. The van der Waals surface area contributed by atoms with Crippen LogP contribution in [-0.4, -0.2) is 45.5 Å². The van der Waals surface area contributed by atoms with Crippen molar-refractivity contribution in [1.82, 2.24) is 25.1 Å². The van der Waals surface area contributed by atoms with Crippen LogP contribution in [-0.2, 0) is 0 Å². The largest absolute Gasteiger partial charge is 0.493 e. The summed E-state index contributed by atoms with van der Waals surface area (Å²) in [5.41, 5.74) is 1.55. The predicted octanol–water partition coefficient (Wildman–Crippen LogP) is 4.29. The quantitative estimate of drug-likeness (QED) is 0.340. The molecule has 176 valence electrons. The Balaban J connectivity index is 1.28. The van der Waals surface area contributed by atoms with Gasteiger partial charge in [0.1, 0.15) is 18.2 Å². The second-order valence-corrected chi connectivity index (χ2v) is 7.67. The van der Waals surface area contributed by atoms with Crippen molar-refractivity contribution in [2.24, 2.45) is 0 Å². The standard InChI is InChI=1S/C26H22FN5O3/c1-2-34-21-11-10-17-6-3-4-9-20(17)24(21)26(33)28-14-15-35-23-13-12-22-29-30-25(32(22)31-23)18-7-5-8-19(27)16-18/h3-13,16H,2,14-15H2,1H3,(H,28,33). The minimum atomic E-state index is -0.374. The fourth-order valence-electron chi connectivity index (χ4n) is 3.83. The number of hydrogen-bond donors (Lipinski definition) is 1. The first-order valence-corrected chi connectivity index (χ1v) is 11.2. The number of nitrogens with one attached hydrogen (secondary N) is 1. The molecular weight excluding hydrogens is 449 g/mol. The Morgan fingerprint density at radius 3 is 2.74 bits per heavy atom. The molecule has 9 heteroatoms. The zero-order valence-electron chi connectivity index (χ0n) is 18.9. The van der Waals surface area contributed by atoms with Crippen molar-refractivity contribution in [1.29, 1.82) is 0 Å². The summed E-state index contributed by atoms with van der Waals surface area (Å²) in [5, 5.41) is 17.3. The van der Waals surface area contributed by atoms with E-state index < -0.39 is 0 Å². The molecule has 0 unspecified atom stereocenters. The number of fused-ring (bicyclic) bond motifs is 2. The van der Waals surface area contributed by atoms with Crippen LogP contribution in [0.5, 0.6) is 11.6 Å². The summed E-state index contributed by atoms with van der Waals surface area (Å²) >= 11 is 0. The number of hydrogen-bond acceptors (Lipinski definition) is 6. The number of carbonyl (C=O) groups excluding carboxylic acids is 1. The number of carbonyl (C=O) groups is 1. The van der Waals surface area contributed by atoms with Crippen LogP contribution in [0.3, 0.4) is 0 Å². The molecule has 0 saturated heterocycles. The van der Waals surface area contributed by atoms with Crippen LogP contribution in [0.1, 0.15) is 17.3 Å². The minimum Gasteiger partial charge on any atom is -0.493 e. The van der Waals surface area contributed by atoms with Crippen molar-refractivity contribution in [3.8, 4) is 23.0 Å². The third kappa shape index (κ3) is 4.61. The van der Waals surface area contributed by atoms with E-state index in [1.807, 2.05) is 43.3 Å². The lowest BCUT2D eigenvalue weighted by Crippen LogP contribution is -2.29. The second-order valence-electron chi connectivity index (χ2n) is 7.67. The molecule has 5 aromatic rings. The molecule has 1 amide bonds. The monoisotopic (exact) mass is 471 g/mol. The number of aromatic nitrogens is 4. The molecule has 0 radical (unpaired) electrons. The van der Waals surface area contributed by atoms with Crippen LogP contribution >= 0.6 is 0 Å². The Hall–Kier alpha value is -4.53. The molecule has 0 saturated carbocycles. The van der Waals surface area contributed by atoms with Crippen molar-refractivity contribution in [2.75, 3.05) is 19.8 Å². The molecule has 0 spiro atoms. The Kier molecular flexibility index (Phi) is 6.21. The molecule has 35 heavy (non-hydrogen) atoms. The fourth-order valence-corrected chi connectivity index (χ4v) is 3.83. The first-order valence-electron chi connectivity index (χ1n) is 11.2. The first kappa shape index (κ1) is 22.3. The zero-order chi connectivity index (χ0) is 24.2. The molecule has 0 aliphatic carbocycles. The Morgan fingerprint density at radius 2 is 1.89 bits per heavy atom. The molecule has 8 nitrogen and oxygen atoms in total. The van der Waals surface area contributed by atoms with Gasteiger partial charge >= 0.3 is 0 Å². The normalized spacial score (nSPS) is 11.0. The molecule has 0 atom stereocenters. The van der Waals surface area contributed by atoms with Gasteiger partial charge in [0.2, 0.25) is 5.88 Å². The molecule has 0 fully saturated rings. The van der Waals surface area contributed by atoms with Gasteiger partial charge in [-0.2, -0.15) is 4.52 Å². The van der Waals surface area contributed by atoms with Gasteiger partial charge in [-0.3, -0.25) is 4.79 Å². The zero-order valence-corrected chi connectivity index (χ0v) is 18.9. The van der Waals surface area contributed by atoms with Gasteiger partial charge in [-0.05, 0) is 42.0 Å². The summed E-state index contributed by atoms with van der Waals surface area (Å²) in [4.78, 5) is 13.0. The van der Waals surface area contributed by atoms with E-state index in [0.29, 0.717) is 40.8 Å². The average Bonchev–Trinajstić information content (AvgIpc) is 3.30. The highest BCUT2D eigenvalue weighted by Crippen LogP contribution is 2.28. The van der Waals surface area contributed by atoms with Crippen molar-refractivity contribution in [2.45, 2.75) is 6.92 Å². The molecule has 2 aromatic heterocycles. The van der Waals surface area contributed by atoms with Gasteiger partial charge in [0.05, 0.1) is 18.7 Å². The van der Waals surface area contributed by atoms with Crippen LogP contribution in [0.25, 0.3) is 27.8 Å². The predicted molar refractivity (Wildman–Crippen MR) is 129 cm³/mol. The van der Waals surface area contributed by atoms with Gasteiger partial charge in [-0.25, -0.2) is 4.39 Å². The number of halogens is 1. The van der Waals surface area contributed by atoms with Crippen LogP contribution in [0.2, 0.25) is 0 Å². The van der Waals surface area contributed by atoms with Crippen LogP contribution in [0.15, 0.2) is 72.8 Å². The molecular formula is C26H22FN5O3. The van der Waals surface area contributed by atoms with Crippen molar-refractivity contribution < 1.29 is 18.7 Å². The molecule has 2 heterocycles. The maximum Gasteiger partial charge on any atom is 0.255 e. The van der Waals surface area contributed by atoms with E-state index in [2.05, 4.69) is 20.6 Å². The van der Waals surface area contributed by atoms with Gasteiger partial charge in [-0.15, -0.1) is 15.3 Å². The maximum atomic E-state index is 13.6. The topological polar surface area (TPSA) is 90.6 Å². The number of benzene rings is 3. The lowest BCUT2D eigenvalue weighted by molar-refractivity contribution is 0.0944. The van der Waals surface area contributed by atoms with E-state index in [9.17, 15) is 9.18 Å². The Morgan fingerprint density at radius 1 is 1.00 bits per heavy atom. The van der Waals surface area contributed by atoms with Gasteiger partial charge in [0.25, 0.3) is 5.91 Å². The van der Waals surface area contributed by atoms with Crippen LogP contribution in [0, 0.1) is 5.82 Å². The van der Waals surface area contributed by atoms with Crippen molar-refractivity contribution in [3.63, 3.8) is 0 Å². The maximum absolute atomic E-state index is 13.6. The molecule has 1 N–H and O–H groups in total. The number of nitrogens with zero attached hydrogens (tertiary/aromatic N) is 4. The summed E-state index contributed by atoms with van der Waals surface area (Å²) in [7, 11) is 0. The van der Waals surface area contributed by atoms with E-state index in [1.165, 1.54) is 16.6 Å². The lowest BCUT2D eigenvalue weighted by Gasteiger charge is -2.14. The van der Waals surface area contributed by atoms with Gasteiger partial charge in [0.15, 0.2) is 11.5 Å². The summed E-state index contributed by atoms with van der Waals surface area (Å²) < 4.78 is 26.6. The second kappa shape index (κ2) is 9.76. The van der Waals surface area contributed by atoms with E-state index in [4.69, 9.17) is 9.47 Å². The van der Waals surface area contributed by atoms with Crippen LogP contribution < -0.4 is 14.8 Å². The summed E-state index contributed by atoms with van der Waals surface area (Å²) in [6.07, 6.45) is 0. The van der Waals surface area contributed by atoms with E-state index in [0.717, 1.165) is 10.8 Å². The SMILES string of the molecule is CCOc1ccc2ccccc2c1C(=O)NCCOc1ccc2nnc(-c3cccc(F)c3)n2n1. The summed E-state index contributed by atoms with van der Waals surface area (Å²) in [5.74, 6) is 0.641. The minimum absolute atomic E-state index is 0.191. The Labute approximate surface area is 200 Å². The van der Waals surface area contributed by atoms with Crippen molar-refractivity contribution in [3.05, 3.63) is 84.2 Å². The Bertz CT molecular complexity index is 1520. The van der Waals surface area contributed by atoms with E-state index in [-0.39, 0.29) is 24.9 Å².